The highest BCUT2D eigenvalue weighted by molar-refractivity contribution is 5.79. The van der Waals surface area contributed by atoms with Gasteiger partial charge in [0.1, 0.15) is 6.61 Å². The molecule has 6 heteroatoms. The predicted octanol–water partition coefficient (Wildman–Crippen LogP) is 4.44. The van der Waals surface area contributed by atoms with E-state index in [0.29, 0.717) is 5.69 Å². The van der Waals surface area contributed by atoms with E-state index in [9.17, 15) is 14.7 Å². The number of nitrogens with one attached hydrogen (secondary N) is 1. The maximum atomic E-state index is 12.5. The molecule has 30 heavy (non-hydrogen) atoms. The molecular weight excluding hydrogens is 380 g/mol. The van der Waals surface area contributed by atoms with Gasteiger partial charge >= 0.3 is 12.1 Å². The van der Waals surface area contributed by atoms with Crippen LogP contribution in [0.1, 0.15) is 40.8 Å². The van der Waals surface area contributed by atoms with Gasteiger partial charge in [0.15, 0.2) is 0 Å². The highest BCUT2D eigenvalue weighted by atomic mass is 16.5. The molecule has 0 aliphatic heterocycles. The van der Waals surface area contributed by atoms with Crippen LogP contribution in [-0.4, -0.2) is 28.8 Å². The highest BCUT2D eigenvalue weighted by Gasteiger charge is 2.29. The molecule has 2 N–H and O–H groups in total. The third-order valence-corrected chi connectivity index (χ3v) is 5.31. The Morgan fingerprint density at radius 3 is 2.23 bits per heavy atom. The molecule has 0 fully saturated rings. The van der Waals surface area contributed by atoms with E-state index in [2.05, 4.69) is 22.4 Å². The number of hydrogen-bond acceptors (Lipinski definition) is 4. The van der Waals surface area contributed by atoms with Crippen molar-refractivity contribution in [2.24, 2.45) is 0 Å². The summed E-state index contributed by atoms with van der Waals surface area (Å²) in [6.45, 7) is 2.06. The molecule has 0 spiro atoms. The molecule has 2 aromatic carbocycles. The van der Waals surface area contributed by atoms with E-state index in [1.54, 1.807) is 12.3 Å². The van der Waals surface area contributed by atoms with Gasteiger partial charge in [-0.2, -0.15) is 0 Å². The Labute approximate surface area is 174 Å². The number of carboxylic acids is 1. The van der Waals surface area contributed by atoms with Crippen LogP contribution < -0.4 is 5.32 Å². The topological polar surface area (TPSA) is 88.5 Å². The van der Waals surface area contributed by atoms with Crippen LogP contribution in [0.5, 0.6) is 0 Å². The predicted molar refractivity (Wildman–Crippen MR) is 112 cm³/mol. The molecule has 0 unspecified atom stereocenters. The number of pyridine rings is 1. The van der Waals surface area contributed by atoms with E-state index in [1.165, 1.54) is 0 Å². The molecule has 6 nitrogen and oxygen atoms in total. The maximum Gasteiger partial charge on any atom is 0.407 e. The summed E-state index contributed by atoms with van der Waals surface area (Å²) in [5, 5.41) is 11.9. The first kappa shape index (κ1) is 19.6. The number of ether oxygens (including phenoxy) is 1. The van der Waals surface area contributed by atoms with Gasteiger partial charge < -0.3 is 15.2 Å². The van der Waals surface area contributed by atoms with Crippen molar-refractivity contribution in [1.29, 1.82) is 0 Å². The summed E-state index contributed by atoms with van der Waals surface area (Å²) in [5.74, 6) is -1.08. The normalized spacial score (nSPS) is 13.2. The molecular formula is C24H22N2O4. The average molecular weight is 402 g/mol. The number of rotatable bonds is 6. The quantitative estimate of drug-likeness (QED) is 0.636. The number of carbonyl (C=O) groups is 2. The summed E-state index contributed by atoms with van der Waals surface area (Å²) in [7, 11) is 0. The second-order valence-corrected chi connectivity index (χ2v) is 7.38. The number of nitrogens with zero attached hydrogens (tertiary/aromatic N) is 1. The number of carbonyl (C=O) groups excluding carboxylic acids is 1. The fourth-order valence-electron chi connectivity index (χ4n) is 3.87. The van der Waals surface area contributed by atoms with E-state index in [0.717, 1.165) is 27.8 Å². The van der Waals surface area contributed by atoms with Gasteiger partial charge in [-0.05, 0) is 40.8 Å². The molecule has 1 aromatic heterocycles. The van der Waals surface area contributed by atoms with Crippen LogP contribution in [0.25, 0.3) is 11.1 Å². The Hall–Kier alpha value is -3.67. The number of aromatic nitrogens is 1. The molecule has 0 radical (unpaired) electrons. The molecule has 1 aliphatic carbocycles. The van der Waals surface area contributed by atoms with Gasteiger partial charge in [-0.3, -0.25) is 9.78 Å². The number of alkyl carbamates (subject to hydrolysis) is 1. The van der Waals surface area contributed by atoms with Gasteiger partial charge in [0.25, 0.3) is 0 Å². The van der Waals surface area contributed by atoms with Crippen molar-refractivity contribution in [3.63, 3.8) is 0 Å². The van der Waals surface area contributed by atoms with E-state index in [4.69, 9.17) is 4.74 Å². The second-order valence-electron chi connectivity index (χ2n) is 7.38. The third-order valence-electron chi connectivity index (χ3n) is 5.31. The molecule has 1 heterocycles. The van der Waals surface area contributed by atoms with Gasteiger partial charge in [0.05, 0.1) is 18.2 Å². The lowest BCUT2D eigenvalue weighted by Crippen LogP contribution is -2.32. The van der Waals surface area contributed by atoms with Crippen molar-refractivity contribution in [3.8, 4) is 11.1 Å². The number of carboxylic acid groups (broad SMARTS) is 1. The van der Waals surface area contributed by atoms with Crippen LogP contribution >= 0.6 is 0 Å². The molecule has 0 saturated carbocycles. The number of hydrogen-bond donors (Lipinski definition) is 2. The summed E-state index contributed by atoms with van der Waals surface area (Å²) < 4.78 is 5.53. The SMILES string of the molecule is Cc1ccc([C@H](CC(=O)O)NC(=O)OCC2c3ccccc3-c3ccccc32)nc1. The summed E-state index contributed by atoms with van der Waals surface area (Å²) in [4.78, 5) is 28.0. The maximum absolute atomic E-state index is 12.5. The monoisotopic (exact) mass is 402 g/mol. The number of aliphatic carboxylic acids is 1. The van der Waals surface area contributed by atoms with Crippen LogP contribution in [0, 0.1) is 6.92 Å². The van der Waals surface area contributed by atoms with Crippen molar-refractivity contribution < 1.29 is 19.4 Å². The van der Waals surface area contributed by atoms with Gasteiger partial charge in [0, 0.05) is 12.1 Å². The van der Waals surface area contributed by atoms with Gasteiger partial charge in [0.2, 0.25) is 0 Å². The van der Waals surface area contributed by atoms with Crippen molar-refractivity contribution in [2.45, 2.75) is 25.3 Å². The van der Waals surface area contributed by atoms with Crippen LogP contribution in [-0.2, 0) is 9.53 Å². The van der Waals surface area contributed by atoms with Crippen LogP contribution in [0.15, 0.2) is 66.9 Å². The smallest absolute Gasteiger partial charge is 0.407 e. The summed E-state index contributed by atoms with van der Waals surface area (Å²) in [6, 6.07) is 19.0. The standard InChI is InChI=1S/C24H22N2O4/c1-15-10-11-21(25-13-15)22(12-23(27)28)26-24(29)30-14-20-18-8-4-2-6-16(18)17-7-3-5-9-19(17)20/h2-11,13,20,22H,12,14H2,1H3,(H,26,29)(H,27,28)/t22-/m0/s1. The van der Waals surface area contributed by atoms with E-state index in [-0.39, 0.29) is 18.9 Å². The van der Waals surface area contributed by atoms with Gasteiger partial charge in [-0.15, -0.1) is 0 Å². The van der Waals surface area contributed by atoms with Crippen molar-refractivity contribution in [1.82, 2.24) is 10.3 Å². The van der Waals surface area contributed by atoms with Crippen molar-refractivity contribution in [3.05, 3.63) is 89.2 Å². The Morgan fingerprint density at radius 2 is 1.67 bits per heavy atom. The second kappa shape index (κ2) is 8.37. The Kier molecular flexibility index (Phi) is 5.48. The Morgan fingerprint density at radius 1 is 1.03 bits per heavy atom. The van der Waals surface area contributed by atoms with E-state index < -0.39 is 18.1 Å². The lowest BCUT2D eigenvalue weighted by atomic mass is 9.98. The van der Waals surface area contributed by atoms with Crippen LogP contribution in [0.4, 0.5) is 4.79 Å². The first-order valence-electron chi connectivity index (χ1n) is 9.79. The van der Waals surface area contributed by atoms with E-state index in [1.807, 2.05) is 49.4 Å². The summed E-state index contributed by atoms with van der Waals surface area (Å²) >= 11 is 0. The molecule has 1 atom stereocenters. The van der Waals surface area contributed by atoms with E-state index >= 15 is 0 Å². The number of amides is 1. The molecule has 152 valence electrons. The molecule has 1 aliphatic rings. The van der Waals surface area contributed by atoms with Gasteiger partial charge in [-0.25, -0.2) is 4.79 Å². The zero-order chi connectivity index (χ0) is 21.1. The molecule has 4 rings (SSSR count). The summed E-state index contributed by atoms with van der Waals surface area (Å²) in [6.07, 6.45) is 0.703. The third kappa shape index (κ3) is 4.03. The number of benzene rings is 2. The minimum Gasteiger partial charge on any atom is -0.481 e. The minimum atomic E-state index is -1.03. The summed E-state index contributed by atoms with van der Waals surface area (Å²) in [5.41, 5.74) is 5.97. The first-order valence-corrected chi connectivity index (χ1v) is 9.79. The zero-order valence-electron chi connectivity index (χ0n) is 16.5. The van der Waals surface area contributed by atoms with Crippen molar-refractivity contribution >= 4 is 12.1 Å². The average Bonchev–Trinajstić information content (AvgIpc) is 3.06. The lowest BCUT2D eigenvalue weighted by Gasteiger charge is -2.18. The van der Waals surface area contributed by atoms with Crippen LogP contribution in [0.3, 0.4) is 0 Å². The Bertz CT molecular complexity index is 1030. The molecule has 0 bridgehead atoms. The number of aryl methyl sites for hydroxylation is 1. The first-order chi connectivity index (χ1) is 14.5. The van der Waals surface area contributed by atoms with Gasteiger partial charge in [-0.1, -0.05) is 54.6 Å². The van der Waals surface area contributed by atoms with Crippen LogP contribution in [0.2, 0.25) is 0 Å². The molecule has 1 amide bonds. The molecule has 0 saturated heterocycles. The lowest BCUT2D eigenvalue weighted by molar-refractivity contribution is -0.137. The fraction of sp³-hybridized carbons (Fsp3) is 0.208. The minimum absolute atomic E-state index is 0.0569. The van der Waals surface area contributed by atoms with Crippen molar-refractivity contribution in [2.75, 3.05) is 6.61 Å². The molecule has 3 aromatic rings. The fourth-order valence-corrected chi connectivity index (χ4v) is 3.87. The zero-order valence-corrected chi connectivity index (χ0v) is 16.5. The highest BCUT2D eigenvalue weighted by Crippen LogP contribution is 2.44. The number of fused-ring (bicyclic) bond motifs is 3. The Balaban J connectivity index is 1.47. The largest absolute Gasteiger partial charge is 0.481 e.